The van der Waals surface area contributed by atoms with Crippen LogP contribution in [0.3, 0.4) is 0 Å². The predicted molar refractivity (Wildman–Crippen MR) is 72.6 cm³/mol. The highest BCUT2D eigenvalue weighted by molar-refractivity contribution is 5.70. The Hall–Kier alpha value is -1.06. The van der Waals surface area contributed by atoms with Gasteiger partial charge < -0.3 is 10.2 Å². The van der Waals surface area contributed by atoms with E-state index in [1.807, 2.05) is 20.8 Å². The molecule has 0 aromatic heterocycles. The van der Waals surface area contributed by atoms with E-state index < -0.39 is 11.9 Å². The van der Waals surface area contributed by atoms with Crippen molar-refractivity contribution in [3.05, 3.63) is 0 Å². The van der Waals surface area contributed by atoms with Crippen molar-refractivity contribution in [1.82, 2.24) is 0 Å². The first-order valence-corrected chi connectivity index (χ1v) is 6.89. The van der Waals surface area contributed by atoms with Crippen LogP contribution in [0.4, 0.5) is 0 Å². The number of rotatable bonds is 8. The van der Waals surface area contributed by atoms with E-state index in [2.05, 4.69) is 6.92 Å². The van der Waals surface area contributed by atoms with E-state index in [1.165, 1.54) is 0 Å². The van der Waals surface area contributed by atoms with Crippen LogP contribution in [-0.4, -0.2) is 22.2 Å². The van der Waals surface area contributed by atoms with Gasteiger partial charge in [-0.15, -0.1) is 0 Å². The van der Waals surface area contributed by atoms with Crippen LogP contribution in [0.2, 0.25) is 0 Å². The number of carboxylic acid groups (broad SMARTS) is 2. The molecule has 0 rings (SSSR count). The zero-order valence-corrected chi connectivity index (χ0v) is 12.1. The fourth-order valence-electron chi connectivity index (χ4n) is 1.59. The lowest BCUT2D eigenvalue weighted by atomic mass is 10.00. The summed E-state index contributed by atoms with van der Waals surface area (Å²) in [5.41, 5.74) is 0. The number of unbranched alkanes of at least 4 members (excludes halogenated alkanes) is 1. The number of hydrogen-bond donors (Lipinski definition) is 2. The smallest absolute Gasteiger partial charge is 0.306 e. The summed E-state index contributed by atoms with van der Waals surface area (Å²) in [5.74, 6) is -1.55. The minimum Gasteiger partial charge on any atom is -0.481 e. The highest BCUT2D eigenvalue weighted by Crippen LogP contribution is 2.11. The van der Waals surface area contributed by atoms with Crippen molar-refractivity contribution >= 4 is 11.9 Å². The molecule has 4 nitrogen and oxygen atoms in total. The van der Waals surface area contributed by atoms with Crippen molar-refractivity contribution in [1.29, 1.82) is 0 Å². The second kappa shape index (κ2) is 12.4. The molecule has 1 unspecified atom stereocenters. The summed E-state index contributed by atoms with van der Waals surface area (Å²) in [6.45, 7) is 7.79. The van der Waals surface area contributed by atoms with Crippen molar-refractivity contribution in [2.45, 2.75) is 66.2 Å². The van der Waals surface area contributed by atoms with Crippen LogP contribution < -0.4 is 0 Å². The summed E-state index contributed by atoms with van der Waals surface area (Å²) >= 11 is 0. The first kappa shape index (κ1) is 19.3. The molecule has 0 bridgehead atoms. The lowest BCUT2D eigenvalue weighted by Crippen LogP contribution is -2.11. The SMILES string of the molecule is CCC(CC)C(=O)O.CCCCC(CC)C(=O)O. The van der Waals surface area contributed by atoms with Crippen LogP contribution in [0, 0.1) is 11.8 Å². The standard InChI is InChI=1S/C8H16O2.C6H12O2/c1-3-5-6-7(4-2)8(9)10;1-3-5(4-2)6(7)8/h7H,3-6H2,1-2H3,(H,9,10);5H,3-4H2,1-2H3,(H,7,8). The fourth-order valence-corrected chi connectivity index (χ4v) is 1.59. The topological polar surface area (TPSA) is 74.6 Å². The summed E-state index contributed by atoms with van der Waals surface area (Å²) < 4.78 is 0. The molecular weight excluding hydrogens is 232 g/mol. The van der Waals surface area contributed by atoms with Gasteiger partial charge in [-0.05, 0) is 25.7 Å². The minimum atomic E-state index is -0.671. The molecule has 18 heavy (non-hydrogen) atoms. The molecule has 4 heteroatoms. The number of hydrogen-bond acceptors (Lipinski definition) is 2. The highest BCUT2D eigenvalue weighted by Gasteiger charge is 2.12. The number of aliphatic carboxylic acids is 2. The van der Waals surface area contributed by atoms with E-state index >= 15 is 0 Å². The molecule has 2 N–H and O–H groups in total. The zero-order valence-electron chi connectivity index (χ0n) is 12.1. The Balaban J connectivity index is 0. The zero-order chi connectivity index (χ0) is 14.6. The fraction of sp³-hybridized carbons (Fsp3) is 0.857. The van der Waals surface area contributed by atoms with Gasteiger partial charge in [-0.25, -0.2) is 0 Å². The molecule has 0 saturated carbocycles. The first-order chi connectivity index (χ1) is 8.44. The Morgan fingerprint density at radius 1 is 0.833 bits per heavy atom. The molecule has 0 aliphatic carbocycles. The third-order valence-electron chi connectivity index (χ3n) is 3.08. The van der Waals surface area contributed by atoms with Crippen LogP contribution in [0.5, 0.6) is 0 Å². The van der Waals surface area contributed by atoms with Gasteiger partial charge in [0.15, 0.2) is 0 Å². The van der Waals surface area contributed by atoms with Crippen LogP contribution in [0.1, 0.15) is 66.2 Å². The Bertz CT molecular complexity index is 222. The van der Waals surface area contributed by atoms with E-state index in [1.54, 1.807) is 0 Å². The largest absolute Gasteiger partial charge is 0.481 e. The van der Waals surface area contributed by atoms with Crippen LogP contribution in [-0.2, 0) is 9.59 Å². The quantitative estimate of drug-likeness (QED) is 0.696. The Kier molecular flexibility index (Phi) is 13.3. The molecule has 0 aliphatic rings. The van der Waals surface area contributed by atoms with Crippen LogP contribution >= 0.6 is 0 Å². The maximum Gasteiger partial charge on any atom is 0.306 e. The van der Waals surface area contributed by atoms with Gasteiger partial charge >= 0.3 is 11.9 Å². The monoisotopic (exact) mass is 260 g/mol. The van der Waals surface area contributed by atoms with Gasteiger partial charge in [0, 0.05) is 0 Å². The van der Waals surface area contributed by atoms with Crippen molar-refractivity contribution < 1.29 is 19.8 Å². The molecule has 1 atom stereocenters. The molecule has 0 radical (unpaired) electrons. The van der Waals surface area contributed by atoms with E-state index in [0.29, 0.717) is 0 Å². The highest BCUT2D eigenvalue weighted by atomic mass is 16.4. The normalized spacial score (nSPS) is 11.6. The van der Waals surface area contributed by atoms with Gasteiger partial charge in [-0.2, -0.15) is 0 Å². The Morgan fingerprint density at radius 2 is 1.22 bits per heavy atom. The summed E-state index contributed by atoms with van der Waals surface area (Å²) in [6, 6.07) is 0. The second-order valence-corrected chi connectivity index (χ2v) is 4.44. The Labute approximate surface area is 110 Å². The van der Waals surface area contributed by atoms with Crippen molar-refractivity contribution in [2.24, 2.45) is 11.8 Å². The number of carbonyl (C=O) groups is 2. The number of carboxylic acids is 2. The van der Waals surface area contributed by atoms with Crippen molar-refractivity contribution in [3.8, 4) is 0 Å². The summed E-state index contributed by atoms with van der Waals surface area (Å²) in [7, 11) is 0. The first-order valence-electron chi connectivity index (χ1n) is 6.89. The summed E-state index contributed by atoms with van der Waals surface area (Å²) in [6.07, 6.45) is 5.20. The van der Waals surface area contributed by atoms with Crippen molar-refractivity contribution in [2.75, 3.05) is 0 Å². The molecule has 0 aliphatic heterocycles. The van der Waals surface area contributed by atoms with Gasteiger partial charge in [0.25, 0.3) is 0 Å². The van der Waals surface area contributed by atoms with Crippen LogP contribution in [0.25, 0.3) is 0 Å². The molecule has 0 fully saturated rings. The lowest BCUT2D eigenvalue weighted by Gasteiger charge is -2.06. The molecule has 0 aromatic carbocycles. The van der Waals surface area contributed by atoms with E-state index in [0.717, 1.165) is 38.5 Å². The van der Waals surface area contributed by atoms with E-state index in [-0.39, 0.29) is 11.8 Å². The molecule has 0 aromatic rings. The van der Waals surface area contributed by atoms with Gasteiger partial charge in [-0.1, -0.05) is 40.5 Å². The van der Waals surface area contributed by atoms with Gasteiger partial charge in [0.2, 0.25) is 0 Å². The average molecular weight is 260 g/mol. The maximum atomic E-state index is 10.4. The summed E-state index contributed by atoms with van der Waals surface area (Å²) in [5, 5.41) is 17.0. The van der Waals surface area contributed by atoms with Crippen LogP contribution in [0.15, 0.2) is 0 Å². The Morgan fingerprint density at radius 3 is 1.39 bits per heavy atom. The second-order valence-electron chi connectivity index (χ2n) is 4.44. The maximum absolute atomic E-state index is 10.4. The van der Waals surface area contributed by atoms with E-state index in [4.69, 9.17) is 10.2 Å². The molecule has 108 valence electrons. The lowest BCUT2D eigenvalue weighted by molar-refractivity contribution is -0.143. The van der Waals surface area contributed by atoms with Gasteiger partial charge in [0.05, 0.1) is 11.8 Å². The third-order valence-corrected chi connectivity index (χ3v) is 3.08. The third kappa shape index (κ3) is 10.1. The summed E-state index contributed by atoms with van der Waals surface area (Å²) in [4.78, 5) is 20.6. The minimum absolute atomic E-state index is 0.111. The molecule has 0 heterocycles. The van der Waals surface area contributed by atoms with Gasteiger partial charge in [0.1, 0.15) is 0 Å². The molecule has 0 spiro atoms. The van der Waals surface area contributed by atoms with Gasteiger partial charge in [-0.3, -0.25) is 9.59 Å². The van der Waals surface area contributed by atoms with Crippen molar-refractivity contribution in [3.63, 3.8) is 0 Å². The predicted octanol–water partition coefficient (Wildman–Crippen LogP) is 3.79. The average Bonchev–Trinajstić information content (AvgIpc) is 2.31. The molecular formula is C14H28O4. The van der Waals surface area contributed by atoms with E-state index in [9.17, 15) is 9.59 Å². The molecule has 0 saturated heterocycles. The molecule has 0 amide bonds.